The fourth-order valence-corrected chi connectivity index (χ4v) is 1.54. The number of aryl methyl sites for hydroxylation is 1. The van der Waals surface area contributed by atoms with Gasteiger partial charge in [0.25, 0.3) is 0 Å². The number of carbonyl (C=O) groups is 1. The van der Waals surface area contributed by atoms with Crippen LogP contribution in [0.4, 0.5) is 0 Å². The molecule has 1 aromatic heterocycles. The molecular weight excluding hydrogens is 220 g/mol. The van der Waals surface area contributed by atoms with Crippen molar-refractivity contribution in [2.75, 3.05) is 18.2 Å². The van der Waals surface area contributed by atoms with E-state index in [0.29, 0.717) is 23.8 Å². The SMILES string of the molecule is Nn1c(CCCO)nnc1SCC(=O)O. The topological polar surface area (TPSA) is 114 Å². The number of aliphatic hydroxyl groups excluding tert-OH is 1. The molecule has 0 bridgehead atoms. The first-order chi connectivity index (χ1) is 7.15. The van der Waals surface area contributed by atoms with Gasteiger partial charge in [-0.1, -0.05) is 11.8 Å². The summed E-state index contributed by atoms with van der Waals surface area (Å²) in [5, 5.41) is 25.0. The summed E-state index contributed by atoms with van der Waals surface area (Å²) in [6.07, 6.45) is 1.08. The average Bonchev–Trinajstić information content (AvgIpc) is 2.54. The summed E-state index contributed by atoms with van der Waals surface area (Å²) in [4.78, 5) is 10.3. The second-order valence-electron chi connectivity index (χ2n) is 2.78. The van der Waals surface area contributed by atoms with Crippen LogP contribution in [-0.4, -0.2) is 43.4 Å². The summed E-state index contributed by atoms with van der Waals surface area (Å²) in [5.74, 6) is 5.13. The molecule has 0 aliphatic heterocycles. The van der Waals surface area contributed by atoms with Gasteiger partial charge in [-0.3, -0.25) is 4.79 Å². The molecule has 0 fully saturated rings. The molecule has 0 amide bonds. The van der Waals surface area contributed by atoms with E-state index in [4.69, 9.17) is 16.1 Å². The van der Waals surface area contributed by atoms with Gasteiger partial charge in [-0.15, -0.1) is 10.2 Å². The standard InChI is InChI=1S/C7H12N4O3S/c8-11-5(2-1-3-12)9-10-7(11)15-4-6(13)14/h12H,1-4,8H2,(H,13,14). The smallest absolute Gasteiger partial charge is 0.313 e. The molecule has 1 heterocycles. The molecule has 0 aromatic carbocycles. The molecule has 0 saturated carbocycles. The number of carboxylic acids is 1. The van der Waals surface area contributed by atoms with E-state index in [0.717, 1.165) is 11.8 Å². The lowest BCUT2D eigenvalue weighted by Gasteiger charge is -2.01. The van der Waals surface area contributed by atoms with Crippen LogP contribution < -0.4 is 5.84 Å². The number of thioether (sulfide) groups is 1. The van der Waals surface area contributed by atoms with Crippen LogP contribution in [0.15, 0.2) is 5.16 Å². The van der Waals surface area contributed by atoms with Gasteiger partial charge in [0.15, 0.2) is 5.82 Å². The van der Waals surface area contributed by atoms with E-state index in [-0.39, 0.29) is 12.4 Å². The van der Waals surface area contributed by atoms with Crippen LogP contribution in [0.25, 0.3) is 0 Å². The van der Waals surface area contributed by atoms with Crippen molar-refractivity contribution in [3.8, 4) is 0 Å². The Morgan fingerprint density at radius 3 is 2.87 bits per heavy atom. The molecule has 7 nitrogen and oxygen atoms in total. The largest absolute Gasteiger partial charge is 0.481 e. The number of aliphatic hydroxyl groups is 1. The molecule has 84 valence electrons. The summed E-state index contributed by atoms with van der Waals surface area (Å²) in [7, 11) is 0. The predicted octanol–water partition coefficient (Wildman–Crippen LogP) is -0.907. The van der Waals surface area contributed by atoms with Crippen molar-refractivity contribution in [3.63, 3.8) is 0 Å². The lowest BCUT2D eigenvalue weighted by Crippen LogP contribution is -2.15. The fraction of sp³-hybridized carbons (Fsp3) is 0.571. The molecule has 0 radical (unpaired) electrons. The van der Waals surface area contributed by atoms with Crippen molar-refractivity contribution in [1.82, 2.24) is 14.9 Å². The summed E-state index contributed by atoms with van der Waals surface area (Å²) in [6, 6.07) is 0. The Balaban J connectivity index is 2.58. The highest BCUT2D eigenvalue weighted by Gasteiger charge is 2.10. The Morgan fingerprint density at radius 2 is 2.27 bits per heavy atom. The highest BCUT2D eigenvalue weighted by molar-refractivity contribution is 7.99. The van der Waals surface area contributed by atoms with Crippen LogP contribution in [0, 0.1) is 0 Å². The lowest BCUT2D eigenvalue weighted by atomic mass is 10.3. The fourth-order valence-electron chi connectivity index (χ4n) is 0.940. The number of hydrogen-bond donors (Lipinski definition) is 3. The van der Waals surface area contributed by atoms with E-state index in [2.05, 4.69) is 10.2 Å². The third kappa shape index (κ3) is 3.40. The van der Waals surface area contributed by atoms with Crippen LogP contribution in [0.2, 0.25) is 0 Å². The first-order valence-electron chi connectivity index (χ1n) is 4.30. The number of aliphatic carboxylic acids is 1. The van der Waals surface area contributed by atoms with Crippen molar-refractivity contribution in [2.24, 2.45) is 0 Å². The van der Waals surface area contributed by atoms with Gasteiger partial charge >= 0.3 is 5.97 Å². The van der Waals surface area contributed by atoms with Gasteiger partial charge in [0, 0.05) is 13.0 Å². The van der Waals surface area contributed by atoms with Crippen LogP contribution in [0.1, 0.15) is 12.2 Å². The minimum Gasteiger partial charge on any atom is -0.481 e. The molecule has 0 saturated heterocycles. The third-order valence-electron chi connectivity index (χ3n) is 1.62. The van der Waals surface area contributed by atoms with Crippen LogP contribution in [0.5, 0.6) is 0 Å². The highest BCUT2D eigenvalue weighted by atomic mass is 32.2. The van der Waals surface area contributed by atoms with Crippen LogP contribution >= 0.6 is 11.8 Å². The minimum absolute atomic E-state index is 0.0600. The van der Waals surface area contributed by atoms with Gasteiger partial charge in [0.1, 0.15) is 0 Å². The zero-order chi connectivity index (χ0) is 11.3. The van der Waals surface area contributed by atoms with E-state index in [9.17, 15) is 4.79 Å². The number of rotatable bonds is 6. The number of nitrogens with two attached hydrogens (primary N) is 1. The number of carboxylic acid groups (broad SMARTS) is 1. The minimum atomic E-state index is -0.931. The van der Waals surface area contributed by atoms with Crippen molar-refractivity contribution < 1.29 is 15.0 Å². The van der Waals surface area contributed by atoms with Crippen molar-refractivity contribution in [3.05, 3.63) is 5.82 Å². The monoisotopic (exact) mass is 232 g/mol. The van der Waals surface area contributed by atoms with E-state index in [1.165, 1.54) is 4.68 Å². The summed E-state index contributed by atoms with van der Waals surface area (Å²) >= 11 is 1.01. The number of nitrogen functional groups attached to an aromatic ring is 1. The molecule has 15 heavy (non-hydrogen) atoms. The number of nitrogens with zero attached hydrogens (tertiary/aromatic N) is 3. The Kier molecular flexibility index (Phi) is 4.37. The van der Waals surface area contributed by atoms with Crippen molar-refractivity contribution >= 4 is 17.7 Å². The Labute approximate surface area is 90.3 Å². The summed E-state index contributed by atoms with van der Waals surface area (Å²) in [6.45, 7) is 0.0600. The Hall–Kier alpha value is -1.28. The molecule has 0 aliphatic rings. The molecule has 1 rings (SSSR count). The summed E-state index contributed by atoms with van der Waals surface area (Å²) in [5.41, 5.74) is 0. The maximum Gasteiger partial charge on any atom is 0.313 e. The van der Waals surface area contributed by atoms with Gasteiger partial charge in [0.05, 0.1) is 5.75 Å². The Morgan fingerprint density at radius 1 is 1.53 bits per heavy atom. The highest BCUT2D eigenvalue weighted by Crippen LogP contribution is 2.14. The van der Waals surface area contributed by atoms with Crippen LogP contribution in [0.3, 0.4) is 0 Å². The first-order valence-corrected chi connectivity index (χ1v) is 5.28. The maximum atomic E-state index is 10.3. The summed E-state index contributed by atoms with van der Waals surface area (Å²) < 4.78 is 1.25. The van der Waals surface area contributed by atoms with Crippen molar-refractivity contribution in [2.45, 2.75) is 18.0 Å². The number of aromatic nitrogens is 3. The van der Waals surface area contributed by atoms with Gasteiger partial charge < -0.3 is 16.1 Å². The van der Waals surface area contributed by atoms with E-state index < -0.39 is 5.97 Å². The van der Waals surface area contributed by atoms with E-state index in [1.807, 2.05) is 0 Å². The molecule has 0 atom stereocenters. The molecule has 8 heteroatoms. The molecule has 0 unspecified atom stereocenters. The molecule has 0 spiro atoms. The zero-order valence-electron chi connectivity index (χ0n) is 7.96. The normalized spacial score (nSPS) is 10.5. The van der Waals surface area contributed by atoms with E-state index >= 15 is 0 Å². The van der Waals surface area contributed by atoms with Crippen LogP contribution in [-0.2, 0) is 11.2 Å². The zero-order valence-corrected chi connectivity index (χ0v) is 8.77. The second kappa shape index (κ2) is 5.56. The second-order valence-corrected chi connectivity index (χ2v) is 3.72. The predicted molar refractivity (Wildman–Crippen MR) is 53.9 cm³/mol. The number of hydrogen-bond acceptors (Lipinski definition) is 6. The maximum absolute atomic E-state index is 10.3. The third-order valence-corrected chi connectivity index (χ3v) is 2.55. The van der Waals surface area contributed by atoms with Crippen molar-refractivity contribution in [1.29, 1.82) is 0 Å². The average molecular weight is 232 g/mol. The van der Waals surface area contributed by atoms with Gasteiger partial charge in [0.2, 0.25) is 5.16 Å². The Bertz CT molecular complexity index is 341. The molecular formula is C7H12N4O3S. The lowest BCUT2D eigenvalue weighted by molar-refractivity contribution is -0.133. The van der Waals surface area contributed by atoms with Gasteiger partial charge in [-0.2, -0.15) is 0 Å². The quantitative estimate of drug-likeness (QED) is 0.430. The molecule has 1 aromatic rings. The van der Waals surface area contributed by atoms with Gasteiger partial charge in [-0.05, 0) is 6.42 Å². The molecule has 4 N–H and O–H groups in total. The first kappa shape index (κ1) is 11.8. The molecule has 0 aliphatic carbocycles. The van der Waals surface area contributed by atoms with E-state index in [1.54, 1.807) is 0 Å². The van der Waals surface area contributed by atoms with Gasteiger partial charge in [-0.25, -0.2) is 4.68 Å².